The molecule has 1 aliphatic heterocycles. The van der Waals surface area contributed by atoms with E-state index < -0.39 is 18.0 Å². The maximum atomic E-state index is 12.8. The number of aromatic carboxylic acids is 1. The fourth-order valence-electron chi connectivity index (χ4n) is 3.37. The summed E-state index contributed by atoms with van der Waals surface area (Å²) in [6.07, 6.45) is 0. The molecule has 1 aliphatic rings. The van der Waals surface area contributed by atoms with Crippen LogP contribution in [0, 0.1) is 0 Å². The summed E-state index contributed by atoms with van der Waals surface area (Å²) in [6.45, 7) is 3.81. The summed E-state index contributed by atoms with van der Waals surface area (Å²) in [5.74, 6) is 0.350. The second kappa shape index (κ2) is 10.9. The summed E-state index contributed by atoms with van der Waals surface area (Å²) in [7, 11) is 3.13. The topological polar surface area (TPSA) is 106 Å². The average molecular weight is 471 g/mol. The third-order valence-corrected chi connectivity index (χ3v) is 5.98. The number of amidine groups is 1. The Morgan fingerprint density at radius 3 is 2.45 bits per heavy atom. The van der Waals surface area contributed by atoms with Crippen LogP contribution in [0.3, 0.4) is 0 Å². The number of rotatable bonds is 8. The minimum absolute atomic E-state index is 0.236. The Morgan fingerprint density at radius 2 is 1.85 bits per heavy atom. The molecular weight excluding hydrogens is 444 g/mol. The van der Waals surface area contributed by atoms with Crippen LogP contribution in [-0.2, 0) is 15.3 Å². The third-order valence-electron chi connectivity index (χ3n) is 5.02. The van der Waals surface area contributed by atoms with E-state index in [9.17, 15) is 9.59 Å². The highest BCUT2D eigenvalue weighted by atomic mass is 32.2. The Hall–Kier alpha value is -3.46. The minimum Gasteiger partial charge on any atom is -0.497 e. The maximum Gasteiger partial charge on any atom is 0.338 e. The van der Waals surface area contributed by atoms with Crippen molar-refractivity contribution in [2.24, 2.45) is 4.99 Å². The highest BCUT2D eigenvalue weighted by Crippen LogP contribution is 2.39. The summed E-state index contributed by atoms with van der Waals surface area (Å²) >= 11 is 1.45. The number of nitrogens with zero attached hydrogens (tertiary/aromatic N) is 1. The van der Waals surface area contributed by atoms with E-state index in [1.807, 2.05) is 6.92 Å². The molecule has 2 aromatic carbocycles. The van der Waals surface area contributed by atoms with Crippen molar-refractivity contribution in [1.82, 2.24) is 5.32 Å². The Bertz CT molecular complexity index is 1090. The first-order valence-electron chi connectivity index (χ1n) is 10.3. The summed E-state index contributed by atoms with van der Waals surface area (Å²) < 4.78 is 16.2. The molecule has 8 nitrogen and oxygen atoms in total. The first kappa shape index (κ1) is 24.2. The van der Waals surface area contributed by atoms with Crippen LogP contribution in [0.2, 0.25) is 0 Å². The molecule has 9 heteroatoms. The third kappa shape index (κ3) is 5.67. The number of methoxy groups -OCH3 is 2. The Morgan fingerprint density at radius 1 is 1.12 bits per heavy atom. The molecule has 0 amide bonds. The number of allylic oxidation sites excluding steroid dienone is 1. The zero-order valence-electron chi connectivity index (χ0n) is 18.9. The highest BCUT2D eigenvalue weighted by Gasteiger charge is 2.32. The van der Waals surface area contributed by atoms with E-state index in [0.29, 0.717) is 39.3 Å². The monoisotopic (exact) mass is 470 g/mol. The molecule has 0 aliphatic carbocycles. The number of hydrogen-bond acceptors (Lipinski definition) is 8. The van der Waals surface area contributed by atoms with Crippen LogP contribution in [-0.4, -0.2) is 43.0 Å². The van der Waals surface area contributed by atoms with Gasteiger partial charge in [-0.15, -0.1) is 0 Å². The van der Waals surface area contributed by atoms with Gasteiger partial charge >= 0.3 is 11.9 Å². The number of thioether (sulfide) groups is 1. The van der Waals surface area contributed by atoms with Crippen LogP contribution in [0.1, 0.15) is 41.4 Å². The molecule has 1 atom stereocenters. The predicted octanol–water partition coefficient (Wildman–Crippen LogP) is 4.17. The molecule has 0 bridgehead atoms. The van der Waals surface area contributed by atoms with E-state index in [1.165, 1.54) is 11.8 Å². The zero-order chi connectivity index (χ0) is 24.0. The van der Waals surface area contributed by atoms with E-state index in [4.69, 9.17) is 24.3 Å². The molecule has 0 saturated carbocycles. The Kier molecular flexibility index (Phi) is 8.00. The molecule has 2 aromatic rings. The molecule has 1 heterocycles. The summed E-state index contributed by atoms with van der Waals surface area (Å²) in [5.41, 5.74) is 2.91. The molecule has 0 aromatic heterocycles. The molecule has 2 N–H and O–H groups in total. The number of carbonyl (C=O) groups is 2. The van der Waals surface area contributed by atoms with E-state index in [0.717, 1.165) is 5.56 Å². The van der Waals surface area contributed by atoms with Gasteiger partial charge in [-0.3, -0.25) is 0 Å². The van der Waals surface area contributed by atoms with Crippen molar-refractivity contribution in [3.63, 3.8) is 0 Å². The van der Waals surface area contributed by atoms with Gasteiger partial charge in [-0.25, -0.2) is 14.6 Å². The van der Waals surface area contributed by atoms with Crippen molar-refractivity contribution >= 4 is 28.9 Å². The van der Waals surface area contributed by atoms with E-state index in [2.05, 4.69) is 5.32 Å². The molecule has 174 valence electrons. The first-order chi connectivity index (χ1) is 15.9. The van der Waals surface area contributed by atoms with Crippen LogP contribution >= 0.6 is 11.8 Å². The number of carboxylic acid groups (broad SMARTS) is 1. The van der Waals surface area contributed by atoms with E-state index in [-0.39, 0.29) is 12.2 Å². The average Bonchev–Trinajstić information content (AvgIpc) is 2.82. The standard InChI is InChI=1S/C24H26N2O6S/c1-5-32-23(29)20-14(2)25-24(33-13-15-6-8-16(9-7-15)22(27)28)26-21(20)18-12-17(30-3)10-11-19(18)31-4/h6-12,21H,5,13H2,1-4H3,(H,25,26)(H,27,28)/t21-/m1/s1. The van der Waals surface area contributed by atoms with Crippen LogP contribution in [0.5, 0.6) is 11.5 Å². The fourth-order valence-corrected chi connectivity index (χ4v) is 4.27. The van der Waals surface area contributed by atoms with Gasteiger partial charge in [-0.2, -0.15) is 0 Å². The normalized spacial score (nSPS) is 15.4. The number of carbonyl (C=O) groups excluding carboxylic acids is 1. The summed E-state index contributed by atoms with van der Waals surface area (Å²) in [5, 5.41) is 12.9. The molecule has 0 radical (unpaired) electrons. The van der Waals surface area contributed by atoms with E-state index >= 15 is 0 Å². The molecule has 0 fully saturated rings. The lowest BCUT2D eigenvalue weighted by molar-refractivity contribution is -0.138. The number of hydrogen-bond donors (Lipinski definition) is 2. The molecule has 3 rings (SSSR count). The van der Waals surface area contributed by atoms with Gasteiger partial charge in [0.15, 0.2) is 5.17 Å². The van der Waals surface area contributed by atoms with Crippen molar-refractivity contribution in [2.45, 2.75) is 25.6 Å². The SMILES string of the molecule is CCOC(=O)C1=C(C)NC(SCc2ccc(C(=O)O)cc2)=N[C@@H]1c1cc(OC)ccc1OC. The van der Waals surface area contributed by atoms with Crippen LogP contribution in [0.4, 0.5) is 0 Å². The first-order valence-corrected chi connectivity index (χ1v) is 11.3. The van der Waals surface area contributed by atoms with Crippen LogP contribution in [0.25, 0.3) is 0 Å². The molecule has 33 heavy (non-hydrogen) atoms. The smallest absolute Gasteiger partial charge is 0.338 e. The van der Waals surface area contributed by atoms with Gasteiger partial charge in [0.2, 0.25) is 0 Å². The van der Waals surface area contributed by atoms with Crippen LogP contribution < -0.4 is 14.8 Å². The number of benzene rings is 2. The number of aliphatic imine (C=N–C) groups is 1. The van der Waals surface area contributed by atoms with Gasteiger partial charge in [0.25, 0.3) is 0 Å². The lowest BCUT2D eigenvalue weighted by Gasteiger charge is -2.27. The van der Waals surface area contributed by atoms with E-state index in [1.54, 1.807) is 63.6 Å². The lowest BCUT2D eigenvalue weighted by Crippen LogP contribution is -2.30. The summed E-state index contributed by atoms with van der Waals surface area (Å²) in [4.78, 5) is 28.7. The van der Waals surface area contributed by atoms with Crippen molar-refractivity contribution in [3.05, 3.63) is 70.4 Å². The van der Waals surface area contributed by atoms with Crippen molar-refractivity contribution in [2.75, 3.05) is 20.8 Å². The molecule has 0 spiro atoms. The van der Waals surface area contributed by atoms with Gasteiger partial charge in [-0.05, 0) is 49.7 Å². The Balaban J connectivity index is 1.94. The molecular formula is C24H26N2O6S. The van der Waals surface area contributed by atoms with Gasteiger partial charge in [0.1, 0.15) is 17.5 Å². The molecule has 0 saturated heterocycles. The maximum absolute atomic E-state index is 12.8. The highest BCUT2D eigenvalue weighted by molar-refractivity contribution is 8.13. The zero-order valence-corrected chi connectivity index (χ0v) is 19.7. The van der Waals surface area contributed by atoms with Crippen molar-refractivity contribution in [3.8, 4) is 11.5 Å². The van der Waals surface area contributed by atoms with Crippen molar-refractivity contribution < 1.29 is 28.9 Å². The Labute approximate surface area is 196 Å². The second-order valence-electron chi connectivity index (χ2n) is 7.12. The van der Waals surface area contributed by atoms with Gasteiger partial charge in [0.05, 0.1) is 32.0 Å². The van der Waals surface area contributed by atoms with Crippen LogP contribution in [0.15, 0.2) is 58.7 Å². The van der Waals surface area contributed by atoms with Gasteiger partial charge in [-0.1, -0.05) is 23.9 Å². The van der Waals surface area contributed by atoms with Gasteiger partial charge in [0, 0.05) is 17.0 Å². The number of carboxylic acids is 1. The van der Waals surface area contributed by atoms with Gasteiger partial charge < -0.3 is 24.6 Å². The number of esters is 1. The number of nitrogens with one attached hydrogen (secondary N) is 1. The summed E-state index contributed by atoms with van der Waals surface area (Å²) in [6, 6.07) is 11.4. The minimum atomic E-state index is -0.963. The predicted molar refractivity (Wildman–Crippen MR) is 127 cm³/mol. The number of ether oxygens (including phenoxy) is 3. The second-order valence-corrected chi connectivity index (χ2v) is 8.08. The fraction of sp³-hybridized carbons (Fsp3) is 0.292. The van der Waals surface area contributed by atoms with Crippen molar-refractivity contribution in [1.29, 1.82) is 0 Å². The lowest BCUT2D eigenvalue weighted by atomic mass is 9.95. The quantitative estimate of drug-likeness (QED) is 0.554. The molecule has 0 unspecified atom stereocenters. The largest absolute Gasteiger partial charge is 0.497 e.